The molecule has 0 aliphatic rings. The molecule has 0 fully saturated rings. The molecule has 0 unspecified atom stereocenters. The molecule has 2 rings (SSSR count). The highest BCUT2D eigenvalue weighted by Gasteiger charge is 2.15. The summed E-state index contributed by atoms with van der Waals surface area (Å²) >= 11 is 3.38. The molecule has 17 heavy (non-hydrogen) atoms. The minimum Gasteiger partial charge on any atom is -0.453 e. The van der Waals surface area contributed by atoms with Crippen molar-refractivity contribution < 1.29 is 14.0 Å². The normalized spacial score (nSPS) is 10.2. The number of furan rings is 1. The molecule has 0 saturated heterocycles. The number of ketones is 1. The van der Waals surface area contributed by atoms with E-state index < -0.39 is 0 Å². The number of aldehydes is 1. The lowest BCUT2D eigenvalue weighted by molar-refractivity contribution is 0.101. The van der Waals surface area contributed by atoms with Gasteiger partial charge in [-0.25, -0.2) is 0 Å². The molecule has 2 aromatic rings. The van der Waals surface area contributed by atoms with E-state index in [1.165, 1.54) is 6.92 Å². The quantitative estimate of drug-likeness (QED) is 0.640. The van der Waals surface area contributed by atoms with E-state index in [1.807, 2.05) is 6.07 Å². The Hall–Kier alpha value is -1.68. The van der Waals surface area contributed by atoms with Gasteiger partial charge in [-0.3, -0.25) is 9.59 Å². The Morgan fingerprint density at radius 2 is 2.06 bits per heavy atom. The molecule has 0 spiro atoms. The number of Topliss-reactive ketones (excluding diaryl/α,β-unsaturated/α-hetero) is 1. The van der Waals surface area contributed by atoms with Gasteiger partial charge in [0, 0.05) is 15.6 Å². The molecule has 0 bridgehead atoms. The van der Waals surface area contributed by atoms with Gasteiger partial charge in [0.2, 0.25) is 0 Å². The van der Waals surface area contributed by atoms with Gasteiger partial charge in [-0.1, -0.05) is 28.1 Å². The van der Waals surface area contributed by atoms with Gasteiger partial charge in [0.15, 0.2) is 17.8 Å². The second-order valence-corrected chi connectivity index (χ2v) is 4.39. The van der Waals surface area contributed by atoms with Crippen molar-refractivity contribution in [2.75, 3.05) is 0 Å². The van der Waals surface area contributed by atoms with Crippen LogP contribution in [0, 0.1) is 0 Å². The van der Waals surface area contributed by atoms with Crippen LogP contribution in [-0.2, 0) is 0 Å². The fraction of sp³-hybridized carbons (Fsp3) is 0.0769. The largest absolute Gasteiger partial charge is 0.453 e. The Bertz CT molecular complexity index is 584. The van der Waals surface area contributed by atoms with Crippen LogP contribution in [0.1, 0.15) is 27.8 Å². The van der Waals surface area contributed by atoms with Crippen LogP contribution < -0.4 is 0 Å². The summed E-state index contributed by atoms with van der Waals surface area (Å²) in [5.74, 6) is 0.695. The van der Waals surface area contributed by atoms with Crippen LogP contribution in [0.25, 0.3) is 11.3 Å². The number of benzene rings is 1. The zero-order valence-corrected chi connectivity index (χ0v) is 10.7. The van der Waals surface area contributed by atoms with Crippen molar-refractivity contribution in [2.45, 2.75) is 6.92 Å². The van der Waals surface area contributed by atoms with Crippen LogP contribution in [0.5, 0.6) is 0 Å². The number of carbonyl (C=O) groups excluding carboxylic acids is 2. The predicted molar refractivity (Wildman–Crippen MR) is 67.2 cm³/mol. The van der Waals surface area contributed by atoms with Crippen LogP contribution in [0.3, 0.4) is 0 Å². The zero-order valence-electron chi connectivity index (χ0n) is 9.07. The Morgan fingerprint density at radius 3 is 2.65 bits per heavy atom. The maximum Gasteiger partial charge on any atom is 0.185 e. The average molecular weight is 293 g/mol. The van der Waals surface area contributed by atoms with Crippen molar-refractivity contribution in [1.29, 1.82) is 0 Å². The Labute approximate surface area is 107 Å². The third-order valence-corrected chi connectivity index (χ3v) is 3.04. The van der Waals surface area contributed by atoms with Gasteiger partial charge >= 0.3 is 0 Å². The molecule has 1 aromatic carbocycles. The van der Waals surface area contributed by atoms with E-state index in [4.69, 9.17) is 4.42 Å². The minimum atomic E-state index is -0.0506. The van der Waals surface area contributed by atoms with E-state index in [0.29, 0.717) is 23.2 Å². The third-order valence-electron chi connectivity index (χ3n) is 2.38. The molecule has 3 nitrogen and oxygen atoms in total. The highest BCUT2D eigenvalue weighted by atomic mass is 79.9. The average Bonchev–Trinajstić information content (AvgIpc) is 2.76. The summed E-state index contributed by atoms with van der Waals surface area (Å²) in [5, 5.41) is 0. The van der Waals surface area contributed by atoms with Gasteiger partial charge in [0.1, 0.15) is 5.76 Å². The summed E-state index contributed by atoms with van der Waals surface area (Å²) in [6, 6.07) is 8.59. The van der Waals surface area contributed by atoms with Crippen LogP contribution >= 0.6 is 15.9 Å². The van der Waals surface area contributed by atoms with Gasteiger partial charge in [-0.05, 0) is 25.1 Å². The minimum absolute atomic E-state index is 0.0506. The van der Waals surface area contributed by atoms with Crippen LogP contribution in [0.15, 0.2) is 39.2 Å². The van der Waals surface area contributed by atoms with Crippen molar-refractivity contribution >= 4 is 28.0 Å². The number of rotatable bonds is 3. The number of hydrogen-bond donors (Lipinski definition) is 0. The Kier molecular flexibility index (Phi) is 3.24. The fourth-order valence-electron chi connectivity index (χ4n) is 1.62. The molecular formula is C13H9BrO3. The maximum atomic E-state index is 11.5. The first kappa shape index (κ1) is 11.8. The number of carbonyl (C=O) groups is 2. The van der Waals surface area contributed by atoms with Crippen LogP contribution in [0.4, 0.5) is 0 Å². The van der Waals surface area contributed by atoms with Gasteiger partial charge in [0.25, 0.3) is 0 Å². The summed E-state index contributed by atoms with van der Waals surface area (Å²) < 4.78 is 6.10. The lowest BCUT2D eigenvalue weighted by Crippen LogP contribution is -1.96. The first-order chi connectivity index (χ1) is 8.13. The molecule has 0 atom stereocenters. The maximum absolute atomic E-state index is 11.5. The second kappa shape index (κ2) is 4.67. The first-order valence-electron chi connectivity index (χ1n) is 4.98. The zero-order chi connectivity index (χ0) is 12.4. The first-order valence-corrected chi connectivity index (χ1v) is 5.77. The lowest BCUT2D eigenvalue weighted by Gasteiger charge is -2.06. The highest BCUT2D eigenvalue weighted by molar-refractivity contribution is 9.10. The van der Waals surface area contributed by atoms with Crippen molar-refractivity contribution in [3.63, 3.8) is 0 Å². The molecule has 1 aromatic heterocycles. The molecular weight excluding hydrogens is 284 g/mol. The second-order valence-electron chi connectivity index (χ2n) is 3.54. The van der Waals surface area contributed by atoms with Crippen molar-refractivity contribution in [1.82, 2.24) is 0 Å². The Balaban J connectivity index is 2.64. The van der Waals surface area contributed by atoms with Crippen molar-refractivity contribution in [3.05, 3.63) is 46.1 Å². The van der Waals surface area contributed by atoms with E-state index in [0.717, 1.165) is 4.47 Å². The van der Waals surface area contributed by atoms with Crippen LogP contribution in [0.2, 0.25) is 0 Å². The molecule has 0 aliphatic heterocycles. The van der Waals surface area contributed by atoms with E-state index in [-0.39, 0.29) is 11.5 Å². The summed E-state index contributed by atoms with van der Waals surface area (Å²) in [6.07, 6.45) is 0.633. The predicted octanol–water partition coefficient (Wildman–Crippen LogP) is 3.72. The summed E-state index contributed by atoms with van der Waals surface area (Å²) in [4.78, 5) is 22.1. The highest BCUT2D eigenvalue weighted by Crippen LogP contribution is 2.33. The Morgan fingerprint density at radius 1 is 1.29 bits per heavy atom. The molecule has 0 amide bonds. The van der Waals surface area contributed by atoms with E-state index in [2.05, 4.69) is 15.9 Å². The van der Waals surface area contributed by atoms with Gasteiger partial charge in [-0.15, -0.1) is 0 Å². The molecule has 86 valence electrons. The lowest BCUT2D eigenvalue weighted by atomic mass is 10.0. The summed E-state index contributed by atoms with van der Waals surface area (Å²) in [6.45, 7) is 1.49. The fourth-order valence-corrected chi connectivity index (χ4v) is 2.18. The molecule has 0 saturated carbocycles. The SMILES string of the molecule is CC(=O)c1cccc(Br)c1-c1ccc(C=O)o1. The number of halogens is 1. The van der Waals surface area contributed by atoms with E-state index in [9.17, 15) is 9.59 Å². The van der Waals surface area contributed by atoms with Gasteiger partial charge < -0.3 is 4.42 Å². The molecule has 0 aliphatic carbocycles. The van der Waals surface area contributed by atoms with Crippen molar-refractivity contribution in [2.24, 2.45) is 0 Å². The molecule has 0 N–H and O–H groups in total. The standard InChI is InChI=1S/C13H9BrO3/c1-8(16)10-3-2-4-11(14)13(10)12-6-5-9(7-15)17-12/h2-7H,1H3. The van der Waals surface area contributed by atoms with Crippen LogP contribution in [-0.4, -0.2) is 12.1 Å². The third kappa shape index (κ3) is 2.22. The smallest absolute Gasteiger partial charge is 0.185 e. The topological polar surface area (TPSA) is 47.3 Å². The molecule has 1 heterocycles. The number of hydrogen-bond acceptors (Lipinski definition) is 3. The molecule has 4 heteroatoms. The van der Waals surface area contributed by atoms with Crippen molar-refractivity contribution in [3.8, 4) is 11.3 Å². The van der Waals surface area contributed by atoms with E-state index >= 15 is 0 Å². The van der Waals surface area contributed by atoms with Gasteiger partial charge in [0.05, 0.1) is 0 Å². The van der Waals surface area contributed by atoms with E-state index in [1.54, 1.807) is 24.3 Å². The monoisotopic (exact) mass is 292 g/mol. The van der Waals surface area contributed by atoms with Gasteiger partial charge in [-0.2, -0.15) is 0 Å². The summed E-state index contributed by atoms with van der Waals surface area (Å²) in [7, 11) is 0. The summed E-state index contributed by atoms with van der Waals surface area (Å²) in [5.41, 5.74) is 1.24. The molecule has 0 radical (unpaired) electrons.